The summed E-state index contributed by atoms with van der Waals surface area (Å²) in [7, 11) is 7.23. The number of likely N-dealkylation sites (N-methyl/N-ethyl adjacent to an activating group) is 3. The Labute approximate surface area is 684 Å². The molecule has 118 heavy (non-hydrogen) atoms. The molecule has 5 aromatic carbocycles. The third kappa shape index (κ3) is 20.7. The molecule has 6 atom stereocenters. The molecular formula is C85H103N11O22. The van der Waals surface area contributed by atoms with Crippen molar-refractivity contribution in [3.8, 4) is 16.9 Å². The summed E-state index contributed by atoms with van der Waals surface area (Å²) in [5, 5.41) is 9.09. The molecule has 0 bridgehead atoms. The highest BCUT2D eigenvalue weighted by Crippen LogP contribution is 2.47. The zero-order valence-electron chi connectivity index (χ0n) is 68.5. The van der Waals surface area contributed by atoms with Crippen molar-refractivity contribution in [1.29, 1.82) is 0 Å². The number of hydrogen-bond donors (Lipinski definition) is 3. The second-order valence-electron chi connectivity index (χ2n) is 31.4. The fourth-order valence-electron chi connectivity index (χ4n) is 15.2. The van der Waals surface area contributed by atoms with Crippen LogP contribution in [-0.4, -0.2) is 245 Å². The lowest BCUT2D eigenvalue weighted by Crippen LogP contribution is -2.64. The van der Waals surface area contributed by atoms with E-state index in [0.717, 1.165) is 102 Å². The van der Waals surface area contributed by atoms with Crippen molar-refractivity contribution < 1.29 is 105 Å². The van der Waals surface area contributed by atoms with E-state index in [1.165, 1.54) is 55.3 Å². The van der Waals surface area contributed by atoms with Gasteiger partial charge in [0, 0.05) is 123 Å². The van der Waals surface area contributed by atoms with Crippen LogP contribution in [-0.2, 0) is 93.1 Å². The minimum atomic E-state index is -1.85. The van der Waals surface area contributed by atoms with E-state index in [4.69, 9.17) is 66.8 Å². The molecule has 1 saturated carbocycles. The molecule has 2 aliphatic carbocycles. The van der Waals surface area contributed by atoms with Gasteiger partial charge in [-0.15, -0.1) is 0 Å². The second-order valence-corrected chi connectivity index (χ2v) is 31.4. The number of hydrogen-bond acceptors (Lipinski definition) is 27. The van der Waals surface area contributed by atoms with Crippen LogP contribution in [0.3, 0.4) is 0 Å². The Morgan fingerprint density at radius 3 is 1.95 bits per heavy atom. The maximum absolute atomic E-state index is 14.7. The number of methoxy groups -OCH3 is 2. The van der Waals surface area contributed by atoms with Gasteiger partial charge in [-0.2, -0.15) is 0 Å². The highest BCUT2D eigenvalue weighted by atomic mass is 16.7. The molecular weight excluding hydrogens is 1530 g/mol. The largest absolute Gasteiger partial charge is 0.482 e. The van der Waals surface area contributed by atoms with Crippen LogP contribution in [0.4, 0.5) is 36.5 Å². The number of benzene rings is 5. The van der Waals surface area contributed by atoms with Crippen LogP contribution in [0.15, 0.2) is 127 Å². The van der Waals surface area contributed by atoms with E-state index in [9.17, 15) is 47.9 Å². The number of anilines is 3. The van der Waals surface area contributed by atoms with E-state index in [1.54, 1.807) is 11.9 Å². The van der Waals surface area contributed by atoms with Crippen molar-refractivity contribution in [2.24, 2.45) is 0 Å². The number of rotatable bonds is 28. The SMILES string of the molecule is COC(=O)C1OC(Oc2ccc(COC(=O)N(C)CCN(C)C(=O)OCC(OC3CC3)(c3ccccc3)c3nc(N4CCC(N5CCC(C)(NC(=O)OC(C)(C)C)CC5)CC4)nc4ccc(N5CN(C)C(=O)C=C5OC)cc34)cc2NC(=O)CCNC(=O)OCC2c3ccccc3-c3ccccc32)C(OC(C)=O)C(OC(C)=O)C1OC(C)=O. The van der Waals surface area contributed by atoms with Gasteiger partial charge < -0.3 is 97.3 Å². The first-order chi connectivity index (χ1) is 56.4. The van der Waals surface area contributed by atoms with Crippen molar-refractivity contribution in [2.75, 3.05) is 116 Å². The first-order valence-electron chi connectivity index (χ1n) is 39.4. The molecule has 3 N–H and O–H groups in total. The first kappa shape index (κ1) is 85.5. The number of alkyl carbamates (subject to hydrolysis) is 2. The van der Waals surface area contributed by atoms with E-state index >= 15 is 0 Å². The molecule has 0 radical (unpaired) electrons. The van der Waals surface area contributed by atoms with Gasteiger partial charge in [-0.1, -0.05) is 84.9 Å². The number of nitrogens with one attached hydrogen (secondary N) is 3. The molecule has 33 nitrogen and oxygen atoms in total. The van der Waals surface area contributed by atoms with Gasteiger partial charge in [0.25, 0.3) is 5.91 Å². The summed E-state index contributed by atoms with van der Waals surface area (Å²) in [5.41, 5.74) is 4.04. The average Bonchev–Trinajstić information content (AvgIpc) is 1.22. The van der Waals surface area contributed by atoms with E-state index in [-0.39, 0.29) is 86.9 Å². The van der Waals surface area contributed by atoms with Crippen molar-refractivity contribution in [3.05, 3.63) is 155 Å². The van der Waals surface area contributed by atoms with Crippen molar-refractivity contribution >= 4 is 88.3 Å². The van der Waals surface area contributed by atoms with Gasteiger partial charge in [-0.05, 0) is 130 Å². The zero-order chi connectivity index (χ0) is 84.3. The topological polar surface area (TPSA) is 363 Å². The van der Waals surface area contributed by atoms with Crippen molar-refractivity contribution in [1.82, 2.24) is 40.2 Å². The lowest BCUT2D eigenvalue weighted by molar-refractivity contribution is -0.282. The third-order valence-corrected chi connectivity index (χ3v) is 21.4. The molecule has 6 aliphatic rings. The summed E-state index contributed by atoms with van der Waals surface area (Å²) >= 11 is 0. The van der Waals surface area contributed by atoms with Gasteiger partial charge in [0.05, 0.1) is 43.3 Å². The Morgan fingerprint density at radius 1 is 0.695 bits per heavy atom. The van der Waals surface area contributed by atoms with Gasteiger partial charge in [-0.25, -0.2) is 33.9 Å². The zero-order valence-corrected chi connectivity index (χ0v) is 68.5. The minimum absolute atomic E-state index is 0.0193. The number of aromatic nitrogens is 2. The summed E-state index contributed by atoms with van der Waals surface area (Å²) in [6.45, 7) is 12.7. The maximum Gasteiger partial charge on any atom is 0.409 e. The number of likely N-dealkylation sites (tertiary alicyclic amines) is 1. The number of amides is 6. The van der Waals surface area contributed by atoms with Gasteiger partial charge in [0.2, 0.25) is 30.1 Å². The molecule has 4 fully saturated rings. The lowest BCUT2D eigenvalue weighted by Gasteiger charge is -2.45. The van der Waals surface area contributed by atoms with E-state index in [0.29, 0.717) is 52.8 Å². The Hall–Kier alpha value is -11.8. The molecule has 12 rings (SSSR count). The number of fused-ring (bicyclic) bond motifs is 4. The monoisotopic (exact) mass is 1630 g/mol. The minimum Gasteiger partial charge on any atom is -0.482 e. The van der Waals surface area contributed by atoms with E-state index in [2.05, 4.69) is 32.7 Å². The van der Waals surface area contributed by atoms with E-state index < -0.39 is 108 Å². The number of esters is 4. The normalized spacial score (nSPS) is 19.8. The van der Waals surface area contributed by atoms with Crippen molar-refractivity contribution in [2.45, 2.75) is 166 Å². The molecule has 6 aromatic rings. The van der Waals surface area contributed by atoms with Crippen LogP contribution in [0.25, 0.3) is 22.0 Å². The quantitative estimate of drug-likeness (QED) is 0.0304. The van der Waals surface area contributed by atoms with Gasteiger partial charge in [0.15, 0.2) is 23.9 Å². The molecule has 6 amide bonds. The second kappa shape index (κ2) is 37.2. The van der Waals surface area contributed by atoms with Crippen LogP contribution in [0.2, 0.25) is 0 Å². The molecule has 0 spiro atoms. The molecule has 33 heteroatoms. The maximum atomic E-state index is 14.7. The lowest BCUT2D eigenvalue weighted by atomic mass is 9.87. The van der Waals surface area contributed by atoms with Gasteiger partial charge in [-0.3, -0.25) is 28.9 Å². The average molecular weight is 1630 g/mol. The molecule has 3 saturated heterocycles. The summed E-state index contributed by atoms with van der Waals surface area (Å²) in [4.78, 5) is 154. The Kier molecular flexibility index (Phi) is 27.0. The smallest absolute Gasteiger partial charge is 0.409 e. The first-order valence-corrected chi connectivity index (χ1v) is 39.4. The summed E-state index contributed by atoms with van der Waals surface area (Å²) in [6, 6.07) is 35.4. The highest BCUT2D eigenvalue weighted by molar-refractivity contribution is 5.94. The predicted molar refractivity (Wildman–Crippen MR) is 427 cm³/mol. The van der Waals surface area contributed by atoms with Crippen LogP contribution in [0, 0.1) is 0 Å². The van der Waals surface area contributed by atoms with Crippen molar-refractivity contribution in [3.63, 3.8) is 0 Å². The van der Waals surface area contributed by atoms with E-state index in [1.807, 2.05) is 123 Å². The van der Waals surface area contributed by atoms with Crippen LogP contribution in [0.1, 0.15) is 127 Å². The standard InChI is InChI=1S/C85H103N11O22/c1-51(97)112-71-72(113-52(2)98)74(114-53(3)99)77(116-73(71)76(102)108-12)115-67-31-26-54(44-66(67)87-68(100)32-37-86-79(103)109-48-64-61-24-18-16-22-59(61)60-23-17-19-25-62(60)64)47-110-81(105)91(8)42-43-92(9)82(106)111-49-85(117-58-28-29-58,55-20-14-13-15-21-55)75-63-45-57(96-50-93(10)69(101)46-70(96)107-11)27-30-65(63)88-78(89-75)95-38-33-56(34-39-95)94-40-35-84(7,36-41-94)90-80(104)118-83(4,5)6/h13-27,30-31,44-46,56,58,64,71-74,77H,28-29,32-43,47-50H2,1-12H3,(H,86,103)(H,87,100)(H,90,104). The fourth-order valence-corrected chi connectivity index (χ4v) is 15.2. The van der Waals surface area contributed by atoms with Crippen LogP contribution in [0.5, 0.6) is 5.75 Å². The molecule has 4 aliphatic heterocycles. The summed E-state index contributed by atoms with van der Waals surface area (Å²) < 4.78 is 70.5. The number of carbonyl (C=O) groups is 10. The number of carbonyl (C=O) groups excluding carboxylic acids is 10. The molecule has 630 valence electrons. The van der Waals surface area contributed by atoms with Gasteiger partial charge >= 0.3 is 48.3 Å². The summed E-state index contributed by atoms with van der Waals surface area (Å²) in [6.07, 6.45) is -6.17. The third-order valence-electron chi connectivity index (χ3n) is 21.4. The summed E-state index contributed by atoms with van der Waals surface area (Å²) in [5.74, 6) is -4.40. The number of piperidine rings is 2. The predicted octanol–water partition coefficient (Wildman–Crippen LogP) is 9.40. The fraction of sp³-hybridized carbons (Fsp3) is 0.482. The molecule has 6 unspecified atom stereocenters. The molecule has 1 aromatic heterocycles. The Bertz CT molecular complexity index is 4690. The van der Waals surface area contributed by atoms with Crippen LogP contribution < -0.4 is 30.5 Å². The number of ether oxygens (including phenoxy) is 12. The van der Waals surface area contributed by atoms with Crippen LogP contribution >= 0.6 is 0 Å². The molecule has 5 heterocycles. The highest BCUT2D eigenvalue weighted by Gasteiger charge is 2.56. The Balaban J connectivity index is 0.747. The Morgan fingerprint density at radius 2 is 1.32 bits per heavy atom. The number of nitrogens with zero attached hydrogens (tertiary/aromatic N) is 8. The van der Waals surface area contributed by atoms with Gasteiger partial charge in [0.1, 0.15) is 37.8 Å².